The third-order valence-corrected chi connectivity index (χ3v) is 3.84. The average Bonchev–Trinajstić information content (AvgIpc) is 3.02. The average molecular weight is 346 g/mol. The molecule has 0 saturated carbocycles. The van der Waals surface area contributed by atoms with Gasteiger partial charge in [-0.05, 0) is 36.8 Å². The van der Waals surface area contributed by atoms with Crippen molar-refractivity contribution in [1.29, 1.82) is 0 Å². The zero-order chi connectivity index (χ0) is 17.8. The lowest BCUT2D eigenvalue weighted by Crippen LogP contribution is -2.24. The fraction of sp³-hybridized carbons (Fsp3) is 0.222. The van der Waals surface area contributed by atoms with E-state index in [-0.39, 0.29) is 17.3 Å². The van der Waals surface area contributed by atoms with Gasteiger partial charge in [0.05, 0.1) is 5.69 Å². The van der Waals surface area contributed by atoms with E-state index in [9.17, 15) is 18.4 Å². The molecule has 0 unspecified atom stereocenters. The lowest BCUT2D eigenvalue weighted by Gasteiger charge is -2.17. The highest BCUT2D eigenvalue weighted by Crippen LogP contribution is 2.27. The van der Waals surface area contributed by atoms with Crippen LogP contribution in [0.1, 0.15) is 23.2 Å². The molecule has 0 aromatic heterocycles. The maximum atomic E-state index is 12.5. The first-order valence-electron chi connectivity index (χ1n) is 7.80. The molecule has 3 rings (SSSR count). The topological polar surface area (TPSA) is 58.6 Å². The minimum absolute atomic E-state index is 0.0215. The van der Waals surface area contributed by atoms with Crippen LogP contribution in [-0.4, -0.2) is 25.0 Å². The molecule has 0 aliphatic carbocycles. The number of carbonyl (C=O) groups is 2. The first kappa shape index (κ1) is 16.9. The van der Waals surface area contributed by atoms with E-state index in [1.807, 2.05) is 0 Å². The number of hydrogen-bond acceptors (Lipinski definition) is 3. The van der Waals surface area contributed by atoms with Crippen LogP contribution in [0.4, 0.5) is 20.2 Å². The van der Waals surface area contributed by atoms with Gasteiger partial charge in [-0.2, -0.15) is 8.78 Å². The summed E-state index contributed by atoms with van der Waals surface area (Å²) >= 11 is 0. The van der Waals surface area contributed by atoms with Gasteiger partial charge in [-0.1, -0.05) is 18.2 Å². The smallest absolute Gasteiger partial charge is 0.387 e. The molecular weight excluding hydrogens is 330 g/mol. The molecule has 0 radical (unpaired) electrons. The van der Waals surface area contributed by atoms with E-state index in [1.165, 1.54) is 18.2 Å². The number of anilines is 2. The van der Waals surface area contributed by atoms with E-state index in [4.69, 9.17) is 0 Å². The van der Waals surface area contributed by atoms with Gasteiger partial charge in [-0.15, -0.1) is 0 Å². The number of carbonyl (C=O) groups excluding carboxylic acids is 2. The molecule has 1 aliphatic rings. The summed E-state index contributed by atoms with van der Waals surface area (Å²) in [6.45, 7) is -2.36. The molecule has 0 atom stereocenters. The Morgan fingerprint density at radius 3 is 2.68 bits per heavy atom. The highest BCUT2D eigenvalue weighted by molar-refractivity contribution is 6.06. The Balaban J connectivity index is 1.79. The summed E-state index contributed by atoms with van der Waals surface area (Å²) in [5, 5.41) is 2.56. The summed E-state index contributed by atoms with van der Waals surface area (Å²) in [6, 6.07) is 12.6. The molecule has 1 fully saturated rings. The van der Waals surface area contributed by atoms with Gasteiger partial charge in [0.25, 0.3) is 5.91 Å². The molecule has 2 aromatic rings. The lowest BCUT2D eigenvalue weighted by molar-refractivity contribution is -0.117. The molecule has 1 heterocycles. The Labute approximate surface area is 143 Å². The van der Waals surface area contributed by atoms with Gasteiger partial charge in [-0.3, -0.25) is 9.59 Å². The molecule has 5 nitrogen and oxygen atoms in total. The van der Waals surface area contributed by atoms with Crippen molar-refractivity contribution in [1.82, 2.24) is 0 Å². The summed E-state index contributed by atoms with van der Waals surface area (Å²) < 4.78 is 29.3. The lowest BCUT2D eigenvalue weighted by atomic mass is 10.1. The summed E-state index contributed by atoms with van der Waals surface area (Å²) in [6.07, 6.45) is 1.28. The normalized spacial score (nSPS) is 14.0. The van der Waals surface area contributed by atoms with Crippen LogP contribution in [0.25, 0.3) is 0 Å². The number of ether oxygens (including phenoxy) is 1. The second-order valence-electron chi connectivity index (χ2n) is 5.53. The summed E-state index contributed by atoms with van der Waals surface area (Å²) in [7, 11) is 0. The van der Waals surface area contributed by atoms with Crippen LogP contribution in [0.2, 0.25) is 0 Å². The fourth-order valence-electron chi connectivity index (χ4n) is 2.70. The summed E-state index contributed by atoms with van der Waals surface area (Å²) in [5.74, 6) is -0.566. The van der Waals surface area contributed by atoms with Crippen LogP contribution in [0.3, 0.4) is 0 Å². The second-order valence-corrected chi connectivity index (χ2v) is 5.53. The predicted octanol–water partition coefficient (Wildman–Crippen LogP) is 3.67. The summed E-state index contributed by atoms with van der Waals surface area (Å²) in [4.78, 5) is 25.9. The second kappa shape index (κ2) is 7.29. The molecule has 0 spiro atoms. The van der Waals surface area contributed by atoms with Crippen molar-refractivity contribution in [3.63, 3.8) is 0 Å². The number of nitrogens with one attached hydrogen (secondary N) is 1. The van der Waals surface area contributed by atoms with Gasteiger partial charge in [-0.25, -0.2) is 0 Å². The van der Waals surface area contributed by atoms with Gasteiger partial charge < -0.3 is 15.0 Å². The molecular formula is C18H16F2N2O3. The van der Waals surface area contributed by atoms with Crippen LogP contribution < -0.4 is 15.0 Å². The molecule has 1 aliphatic heterocycles. The van der Waals surface area contributed by atoms with E-state index in [2.05, 4.69) is 10.1 Å². The molecule has 2 aromatic carbocycles. The van der Waals surface area contributed by atoms with E-state index in [0.29, 0.717) is 24.2 Å². The molecule has 1 N–H and O–H groups in total. The largest absolute Gasteiger partial charge is 0.433 e. The van der Waals surface area contributed by atoms with Gasteiger partial charge in [0.1, 0.15) is 5.75 Å². The monoisotopic (exact) mass is 346 g/mol. The van der Waals surface area contributed by atoms with Crippen LogP contribution in [0, 0.1) is 0 Å². The fourth-order valence-corrected chi connectivity index (χ4v) is 2.70. The standard InChI is InChI=1S/C18H16F2N2O3/c19-18(20)25-15-8-2-1-7-14(15)21-17(24)12-5-3-6-13(11-12)22-10-4-9-16(22)23/h1-3,5-8,11,18H,4,9-10H2,(H,21,24). The maximum Gasteiger partial charge on any atom is 0.387 e. The van der Waals surface area contributed by atoms with Crippen molar-refractivity contribution >= 4 is 23.2 Å². The first-order chi connectivity index (χ1) is 12.0. The van der Waals surface area contributed by atoms with Crippen molar-refractivity contribution in [3.05, 3.63) is 54.1 Å². The van der Waals surface area contributed by atoms with E-state index >= 15 is 0 Å². The molecule has 2 amide bonds. The van der Waals surface area contributed by atoms with E-state index in [1.54, 1.807) is 35.2 Å². The Kier molecular flexibility index (Phi) is 4.92. The van der Waals surface area contributed by atoms with Crippen LogP contribution in [0.15, 0.2) is 48.5 Å². The highest BCUT2D eigenvalue weighted by atomic mass is 19.3. The first-order valence-corrected chi connectivity index (χ1v) is 7.80. The summed E-state index contributed by atoms with van der Waals surface area (Å²) in [5.41, 5.74) is 1.12. The quantitative estimate of drug-likeness (QED) is 0.899. The number of amides is 2. The van der Waals surface area contributed by atoms with Crippen molar-refractivity contribution in [3.8, 4) is 5.75 Å². The molecule has 7 heteroatoms. The Bertz CT molecular complexity index is 795. The molecule has 130 valence electrons. The molecule has 1 saturated heterocycles. The zero-order valence-corrected chi connectivity index (χ0v) is 13.2. The van der Waals surface area contributed by atoms with Crippen molar-refractivity contribution in [2.24, 2.45) is 0 Å². The van der Waals surface area contributed by atoms with Gasteiger partial charge in [0, 0.05) is 24.2 Å². The van der Waals surface area contributed by atoms with Crippen LogP contribution in [-0.2, 0) is 4.79 Å². The van der Waals surface area contributed by atoms with Gasteiger partial charge in [0.15, 0.2) is 0 Å². The SMILES string of the molecule is O=C(Nc1ccccc1OC(F)F)c1cccc(N2CCCC2=O)c1. The predicted molar refractivity (Wildman–Crippen MR) is 89.1 cm³/mol. The Morgan fingerprint density at radius 1 is 1.16 bits per heavy atom. The number of hydrogen-bond donors (Lipinski definition) is 1. The zero-order valence-electron chi connectivity index (χ0n) is 13.2. The number of alkyl halides is 2. The van der Waals surface area contributed by atoms with Crippen LogP contribution >= 0.6 is 0 Å². The Morgan fingerprint density at radius 2 is 1.96 bits per heavy atom. The Hall–Kier alpha value is -2.96. The van der Waals surface area contributed by atoms with E-state index < -0.39 is 12.5 Å². The number of nitrogens with zero attached hydrogens (tertiary/aromatic N) is 1. The van der Waals surface area contributed by atoms with Crippen molar-refractivity contribution < 1.29 is 23.1 Å². The number of rotatable bonds is 5. The van der Waals surface area contributed by atoms with Gasteiger partial charge >= 0.3 is 6.61 Å². The number of benzene rings is 2. The van der Waals surface area contributed by atoms with Gasteiger partial charge in [0.2, 0.25) is 5.91 Å². The van der Waals surface area contributed by atoms with E-state index in [0.717, 1.165) is 6.42 Å². The molecule has 0 bridgehead atoms. The molecule has 25 heavy (non-hydrogen) atoms. The maximum absolute atomic E-state index is 12.5. The number of halogens is 2. The highest BCUT2D eigenvalue weighted by Gasteiger charge is 2.22. The van der Waals surface area contributed by atoms with Crippen molar-refractivity contribution in [2.75, 3.05) is 16.8 Å². The van der Waals surface area contributed by atoms with Crippen molar-refractivity contribution in [2.45, 2.75) is 19.5 Å². The third kappa shape index (κ3) is 3.93. The minimum Gasteiger partial charge on any atom is -0.433 e. The third-order valence-electron chi connectivity index (χ3n) is 3.84. The minimum atomic E-state index is -2.98. The number of para-hydroxylation sites is 2. The van der Waals surface area contributed by atoms with Crippen LogP contribution in [0.5, 0.6) is 5.75 Å².